The van der Waals surface area contributed by atoms with Gasteiger partial charge in [0.15, 0.2) is 0 Å². The van der Waals surface area contributed by atoms with Gasteiger partial charge in [-0.1, -0.05) is 6.92 Å². The molecule has 0 aromatic carbocycles. The summed E-state index contributed by atoms with van der Waals surface area (Å²) >= 11 is 0. The minimum Gasteiger partial charge on any atom is -0.368 e. The van der Waals surface area contributed by atoms with Crippen molar-refractivity contribution >= 4 is 11.8 Å². The molecule has 0 aliphatic heterocycles. The van der Waals surface area contributed by atoms with E-state index in [2.05, 4.69) is 10.6 Å². The van der Waals surface area contributed by atoms with E-state index < -0.39 is 0 Å². The van der Waals surface area contributed by atoms with Crippen molar-refractivity contribution in [2.24, 2.45) is 5.73 Å². The molecule has 2 amide bonds. The van der Waals surface area contributed by atoms with Gasteiger partial charge in [0.1, 0.15) is 0 Å². The van der Waals surface area contributed by atoms with E-state index >= 15 is 0 Å². The van der Waals surface area contributed by atoms with Crippen molar-refractivity contribution in [2.75, 3.05) is 13.1 Å². The maximum atomic E-state index is 10.7. The van der Waals surface area contributed by atoms with E-state index in [-0.39, 0.29) is 17.9 Å². The minimum atomic E-state index is -0.356. The topological polar surface area (TPSA) is 84.2 Å². The van der Waals surface area contributed by atoms with Crippen molar-refractivity contribution in [1.82, 2.24) is 10.6 Å². The van der Waals surface area contributed by atoms with Crippen LogP contribution in [0.5, 0.6) is 0 Å². The van der Waals surface area contributed by atoms with E-state index in [0.29, 0.717) is 19.5 Å². The molecule has 0 aromatic rings. The molecule has 4 N–H and O–H groups in total. The molecular formula is C8H17N3O2. The summed E-state index contributed by atoms with van der Waals surface area (Å²) in [6, 6.07) is -0.297. The number of nitrogens with one attached hydrogen (secondary N) is 2. The summed E-state index contributed by atoms with van der Waals surface area (Å²) in [4.78, 5) is 21.2. The first kappa shape index (κ1) is 11.9. The van der Waals surface area contributed by atoms with Gasteiger partial charge in [0.25, 0.3) is 0 Å². The summed E-state index contributed by atoms with van der Waals surface area (Å²) in [7, 11) is 0. The van der Waals surface area contributed by atoms with Crippen LogP contribution < -0.4 is 16.4 Å². The second-order valence-electron chi connectivity index (χ2n) is 2.80. The monoisotopic (exact) mass is 187 g/mol. The predicted molar refractivity (Wildman–Crippen MR) is 50.0 cm³/mol. The number of primary amides is 1. The second-order valence-corrected chi connectivity index (χ2v) is 2.80. The Balaban J connectivity index is 3.50. The van der Waals surface area contributed by atoms with Crippen LogP contribution >= 0.6 is 0 Å². The lowest BCUT2D eigenvalue weighted by Gasteiger charge is -2.12. The van der Waals surface area contributed by atoms with Crippen LogP contribution in [0.2, 0.25) is 0 Å². The quantitative estimate of drug-likeness (QED) is 0.465. The van der Waals surface area contributed by atoms with Crippen LogP contribution in [0.25, 0.3) is 0 Å². The van der Waals surface area contributed by atoms with Crippen molar-refractivity contribution < 1.29 is 9.59 Å². The Labute approximate surface area is 78.1 Å². The SMILES string of the molecule is CCC(NCCNC(C)=O)C(N)=O. The summed E-state index contributed by atoms with van der Waals surface area (Å²) in [6.45, 7) is 4.40. The Bertz CT molecular complexity index is 182. The van der Waals surface area contributed by atoms with Crippen molar-refractivity contribution in [3.05, 3.63) is 0 Å². The van der Waals surface area contributed by atoms with Crippen molar-refractivity contribution in [1.29, 1.82) is 0 Å². The number of hydrogen-bond donors (Lipinski definition) is 3. The van der Waals surface area contributed by atoms with Gasteiger partial charge in [-0.3, -0.25) is 9.59 Å². The van der Waals surface area contributed by atoms with Gasteiger partial charge in [-0.2, -0.15) is 0 Å². The molecule has 0 bridgehead atoms. The molecule has 0 spiro atoms. The van der Waals surface area contributed by atoms with Gasteiger partial charge >= 0.3 is 0 Å². The summed E-state index contributed by atoms with van der Waals surface area (Å²) in [5.41, 5.74) is 5.10. The zero-order chi connectivity index (χ0) is 10.3. The fourth-order valence-corrected chi connectivity index (χ4v) is 0.931. The molecule has 76 valence electrons. The smallest absolute Gasteiger partial charge is 0.234 e. The van der Waals surface area contributed by atoms with E-state index in [4.69, 9.17) is 5.73 Å². The lowest BCUT2D eigenvalue weighted by Crippen LogP contribution is -2.43. The first-order chi connectivity index (χ1) is 6.07. The third kappa shape index (κ3) is 6.10. The summed E-state index contributed by atoms with van der Waals surface area (Å²) in [5.74, 6) is -0.431. The molecule has 1 unspecified atom stereocenters. The van der Waals surface area contributed by atoms with Crippen molar-refractivity contribution in [2.45, 2.75) is 26.3 Å². The zero-order valence-electron chi connectivity index (χ0n) is 8.09. The lowest BCUT2D eigenvalue weighted by molar-refractivity contribution is -0.120. The van der Waals surface area contributed by atoms with E-state index in [1.165, 1.54) is 6.92 Å². The molecule has 0 saturated carbocycles. The van der Waals surface area contributed by atoms with Crippen LogP contribution in [0.3, 0.4) is 0 Å². The van der Waals surface area contributed by atoms with Gasteiger partial charge in [-0.15, -0.1) is 0 Å². The molecule has 5 nitrogen and oxygen atoms in total. The molecule has 0 saturated heterocycles. The number of hydrogen-bond acceptors (Lipinski definition) is 3. The van der Waals surface area contributed by atoms with Crippen LogP contribution in [0.4, 0.5) is 0 Å². The van der Waals surface area contributed by atoms with Crippen molar-refractivity contribution in [3.63, 3.8) is 0 Å². The molecule has 0 aliphatic carbocycles. The summed E-state index contributed by atoms with van der Waals surface area (Å²) in [6.07, 6.45) is 0.662. The predicted octanol–water partition coefficient (Wildman–Crippen LogP) is -1.02. The highest BCUT2D eigenvalue weighted by Crippen LogP contribution is 1.87. The number of amides is 2. The van der Waals surface area contributed by atoms with Crippen LogP contribution in [0.1, 0.15) is 20.3 Å². The highest BCUT2D eigenvalue weighted by Gasteiger charge is 2.10. The largest absolute Gasteiger partial charge is 0.368 e. The summed E-state index contributed by atoms with van der Waals surface area (Å²) < 4.78 is 0. The minimum absolute atomic E-state index is 0.0751. The van der Waals surface area contributed by atoms with E-state index in [1.807, 2.05) is 6.92 Å². The maximum absolute atomic E-state index is 10.7. The average Bonchev–Trinajstić information content (AvgIpc) is 2.03. The van der Waals surface area contributed by atoms with Gasteiger partial charge in [0.05, 0.1) is 6.04 Å². The third-order valence-electron chi connectivity index (χ3n) is 1.64. The maximum Gasteiger partial charge on any atom is 0.234 e. The highest BCUT2D eigenvalue weighted by molar-refractivity contribution is 5.79. The molecule has 5 heteroatoms. The Morgan fingerprint density at radius 2 is 2.00 bits per heavy atom. The highest BCUT2D eigenvalue weighted by atomic mass is 16.2. The number of carbonyl (C=O) groups excluding carboxylic acids is 2. The van der Waals surface area contributed by atoms with E-state index in [1.54, 1.807) is 0 Å². The molecule has 13 heavy (non-hydrogen) atoms. The van der Waals surface area contributed by atoms with Gasteiger partial charge in [0.2, 0.25) is 11.8 Å². The van der Waals surface area contributed by atoms with Gasteiger partial charge < -0.3 is 16.4 Å². The van der Waals surface area contributed by atoms with Gasteiger partial charge in [-0.05, 0) is 6.42 Å². The molecule has 0 aliphatic rings. The average molecular weight is 187 g/mol. The molecule has 0 fully saturated rings. The summed E-state index contributed by atoms with van der Waals surface area (Å²) in [5, 5.41) is 5.55. The van der Waals surface area contributed by atoms with Crippen molar-refractivity contribution in [3.8, 4) is 0 Å². The zero-order valence-corrected chi connectivity index (χ0v) is 8.09. The standard InChI is InChI=1S/C8H17N3O2/c1-3-7(8(9)13)11-5-4-10-6(2)12/h7,11H,3-5H2,1-2H3,(H2,9,13)(H,10,12). The molecule has 0 radical (unpaired) electrons. The molecule has 0 aromatic heterocycles. The normalized spacial score (nSPS) is 12.2. The Morgan fingerprint density at radius 3 is 2.38 bits per heavy atom. The fourth-order valence-electron chi connectivity index (χ4n) is 0.931. The lowest BCUT2D eigenvalue weighted by atomic mass is 10.2. The molecule has 1 atom stereocenters. The number of rotatable bonds is 6. The molecule has 0 heterocycles. The second kappa shape index (κ2) is 6.42. The van der Waals surface area contributed by atoms with Gasteiger partial charge in [-0.25, -0.2) is 0 Å². The number of nitrogens with two attached hydrogens (primary N) is 1. The first-order valence-electron chi connectivity index (χ1n) is 4.35. The van der Waals surface area contributed by atoms with E-state index in [0.717, 1.165) is 0 Å². The molecule has 0 rings (SSSR count). The fraction of sp³-hybridized carbons (Fsp3) is 0.750. The third-order valence-corrected chi connectivity index (χ3v) is 1.64. The van der Waals surface area contributed by atoms with Crippen LogP contribution in [-0.2, 0) is 9.59 Å². The Kier molecular flexibility index (Phi) is 5.88. The molecular weight excluding hydrogens is 170 g/mol. The van der Waals surface area contributed by atoms with Crippen LogP contribution in [0, 0.1) is 0 Å². The van der Waals surface area contributed by atoms with Crippen LogP contribution in [-0.4, -0.2) is 30.9 Å². The Hall–Kier alpha value is -1.10. The van der Waals surface area contributed by atoms with Gasteiger partial charge in [0, 0.05) is 20.0 Å². The first-order valence-corrected chi connectivity index (χ1v) is 4.35. The van der Waals surface area contributed by atoms with E-state index in [9.17, 15) is 9.59 Å². The Morgan fingerprint density at radius 1 is 1.38 bits per heavy atom. The number of carbonyl (C=O) groups is 2. The van der Waals surface area contributed by atoms with Crippen LogP contribution in [0.15, 0.2) is 0 Å².